The van der Waals surface area contributed by atoms with Crippen LogP contribution in [-0.2, 0) is 32.7 Å². The summed E-state index contributed by atoms with van der Waals surface area (Å²) in [5, 5.41) is 0. The fourth-order valence-electron chi connectivity index (χ4n) is 1.41. The van der Waals surface area contributed by atoms with E-state index in [0.29, 0.717) is 11.8 Å². The van der Waals surface area contributed by atoms with Crippen LogP contribution in [0.5, 0.6) is 0 Å². The van der Waals surface area contributed by atoms with Crippen molar-refractivity contribution in [3.8, 4) is 0 Å². The molecular formula is C11H21N2Y-. The molecule has 0 rings (SSSR count). The van der Waals surface area contributed by atoms with Crippen molar-refractivity contribution in [3.63, 3.8) is 0 Å². The van der Waals surface area contributed by atoms with Crippen molar-refractivity contribution < 1.29 is 32.7 Å². The van der Waals surface area contributed by atoms with Gasteiger partial charge in [-0.15, -0.1) is 0 Å². The van der Waals surface area contributed by atoms with Gasteiger partial charge < -0.3 is 12.7 Å². The fraction of sp³-hybridized carbons (Fsp3) is 0.636. The Kier molecular flexibility index (Phi) is 11.8. The minimum absolute atomic E-state index is 0. The van der Waals surface area contributed by atoms with E-state index in [2.05, 4.69) is 25.8 Å². The number of rotatable bonds is 5. The number of hydrogen-bond acceptors (Lipinski definition) is 2. The molecule has 1 radical (unpaired) electrons. The van der Waals surface area contributed by atoms with Crippen LogP contribution in [0.3, 0.4) is 0 Å². The average molecular weight is 270 g/mol. The summed E-state index contributed by atoms with van der Waals surface area (Å²) in [5.41, 5.74) is 6.53. The number of aliphatic imine (C=N–C) groups is 1. The minimum Gasteiger partial charge on any atom is -0.404 e. The fourth-order valence-corrected chi connectivity index (χ4v) is 1.41. The van der Waals surface area contributed by atoms with Gasteiger partial charge in [0.2, 0.25) is 0 Å². The zero-order chi connectivity index (χ0) is 10.3. The molecule has 0 aliphatic rings. The first-order valence-electron chi connectivity index (χ1n) is 4.76. The normalized spacial score (nSPS) is 14.5. The molecule has 79 valence electrons. The van der Waals surface area contributed by atoms with E-state index in [1.165, 1.54) is 0 Å². The zero-order valence-corrected chi connectivity index (χ0v) is 12.4. The topological polar surface area (TPSA) is 38.4 Å². The second-order valence-corrected chi connectivity index (χ2v) is 3.83. The van der Waals surface area contributed by atoms with Crippen molar-refractivity contribution in [1.82, 2.24) is 0 Å². The minimum atomic E-state index is 0. The van der Waals surface area contributed by atoms with Crippen LogP contribution < -0.4 is 5.73 Å². The van der Waals surface area contributed by atoms with Gasteiger partial charge in [0, 0.05) is 46.0 Å². The molecule has 0 aromatic heterocycles. The van der Waals surface area contributed by atoms with Crippen molar-refractivity contribution in [3.05, 3.63) is 18.7 Å². The summed E-state index contributed by atoms with van der Waals surface area (Å²) >= 11 is 0. The standard InChI is InChI=1S/C11H21N2.Y/c1-9(2)5-10(3)6-11(7-12)8-13-4;/h7-10H,3,5-6,12H2,1-2,4H3;/q-1;/b11-7-,13-8?;. The van der Waals surface area contributed by atoms with E-state index in [9.17, 15) is 0 Å². The Morgan fingerprint density at radius 3 is 2.43 bits per heavy atom. The first-order chi connectivity index (χ1) is 6.10. The van der Waals surface area contributed by atoms with E-state index in [1.807, 2.05) is 0 Å². The number of nitrogens with two attached hydrogens (primary N) is 1. The van der Waals surface area contributed by atoms with Crippen LogP contribution in [-0.4, -0.2) is 13.3 Å². The number of allylic oxidation sites excluding steroid dienone is 1. The van der Waals surface area contributed by atoms with Crippen molar-refractivity contribution in [1.29, 1.82) is 0 Å². The summed E-state index contributed by atoms with van der Waals surface area (Å²) in [6, 6.07) is 0. The third-order valence-corrected chi connectivity index (χ3v) is 1.84. The molecular weight excluding hydrogens is 249 g/mol. The summed E-state index contributed by atoms with van der Waals surface area (Å²) in [4.78, 5) is 3.94. The second kappa shape index (κ2) is 9.85. The molecule has 0 aliphatic heterocycles. The van der Waals surface area contributed by atoms with Gasteiger partial charge >= 0.3 is 0 Å². The largest absolute Gasteiger partial charge is 0.404 e. The van der Waals surface area contributed by atoms with E-state index in [-0.39, 0.29) is 32.7 Å². The smallest absolute Gasteiger partial charge is 0.0277 e. The molecule has 0 bridgehead atoms. The number of nitrogens with zero attached hydrogens (tertiary/aromatic N) is 1. The Hall–Kier alpha value is 0.314. The van der Waals surface area contributed by atoms with E-state index in [0.717, 1.165) is 18.4 Å². The van der Waals surface area contributed by atoms with Crippen molar-refractivity contribution in [2.24, 2.45) is 22.6 Å². The Morgan fingerprint density at radius 2 is 2.07 bits per heavy atom. The van der Waals surface area contributed by atoms with Gasteiger partial charge in [-0.3, -0.25) is 4.99 Å². The molecule has 2 N–H and O–H groups in total. The summed E-state index contributed by atoms with van der Waals surface area (Å²) in [5.74, 6) is 1.13. The molecule has 14 heavy (non-hydrogen) atoms. The molecule has 0 aliphatic carbocycles. The Balaban J connectivity index is 0. The molecule has 0 saturated heterocycles. The van der Waals surface area contributed by atoms with Crippen LogP contribution >= 0.6 is 0 Å². The summed E-state index contributed by atoms with van der Waals surface area (Å²) in [6.45, 7) is 8.50. The van der Waals surface area contributed by atoms with E-state index in [1.54, 1.807) is 19.5 Å². The second-order valence-electron chi connectivity index (χ2n) is 3.83. The van der Waals surface area contributed by atoms with Gasteiger partial charge in [0.15, 0.2) is 0 Å². The molecule has 0 saturated carbocycles. The van der Waals surface area contributed by atoms with Gasteiger partial charge in [0.05, 0.1) is 0 Å². The summed E-state index contributed by atoms with van der Waals surface area (Å²) in [7, 11) is 1.75. The maximum absolute atomic E-state index is 5.46. The van der Waals surface area contributed by atoms with Crippen LogP contribution in [0.4, 0.5) is 0 Å². The van der Waals surface area contributed by atoms with Crippen LogP contribution in [0.1, 0.15) is 26.7 Å². The van der Waals surface area contributed by atoms with Crippen LogP contribution in [0.15, 0.2) is 16.8 Å². The van der Waals surface area contributed by atoms with Gasteiger partial charge in [-0.1, -0.05) is 20.3 Å². The molecule has 0 aromatic rings. The summed E-state index contributed by atoms with van der Waals surface area (Å²) < 4.78 is 0. The first-order valence-corrected chi connectivity index (χ1v) is 4.76. The van der Waals surface area contributed by atoms with Crippen LogP contribution in [0.25, 0.3) is 0 Å². The predicted molar refractivity (Wildman–Crippen MR) is 59.6 cm³/mol. The van der Waals surface area contributed by atoms with Gasteiger partial charge in [-0.2, -0.15) is 5.92 Å². The van der Waals surface area contributed by atoms with Crippen molar-refractivity contribution >= 4 is 6.21 Å². The average Bonchev–Trinajstić information content (AvgIpc) is 2.02. The van der Waals surface area contributed by atoms with E-state index < -0.39 is 0 Å². The maximum atomic E-state index is 5.46. The Bertz CT molecular complexity index is 186. The molecule has 0 heterocycles. The van der Waals surface area contributed by atoms with Gasteiger partial charge in [0.25, 0.3) is 0 Å². The molecule has 0 spiro atoms. The molecule has 1 atom stereocenters. The van der Waals surface area contributed by atoms with Crippen LogP contribution in [0, 0.1) is 18.8 Å². The quantitative estimate of drug-likeness (QED) is 0.604. The molecule has 2 nitrogen and oxygen atoms in total. The van der Waals surface area contributed by atoms with Gasteiger partial charge in [0.1, 0.15) is 0 Å². The Morgan fingerprint density at radius 1 is 1.50 bits per heavy atom. The zero-order valence-electron chi connectivity index (χ0n) is 9.53. The van der Waals surface area contributed by atoms with E-state index >= 15 is 0 Å². The SMILES string of the molecule is [CH2-]C(C/C(C=NC)=C/N)CC(C)C.[Y]. The monoisotopic (exact) mass is 270 g/mol. The van der Waals surface area contributed by atoms with E-state index in [4.69, 9.17) is 5.73 Å². The third-order valence-electron chi connectivity index (χ3n) is 1.84. The van der Waals surface area contributed by atoms with Gasteiger partial charge in [-0.05, 0) is 24.1 Å². The molecule has 3 heteroatoms. The van der Waals surface area contributed by atoms with Crippen LogP contribution in [0.2, 0.25) is 0 Å². The molecule has 0 fully saturated rings. The number of hydrogen-bond donors (Lipinski definition) is 1. The first kappa shape index (κ1) is 16.7. The molecule has 0 aromatic carbocycles. The molecule has 0 amide bonds. The van der Waals surface area contributed by atoms with Crippen molar-refractivity contribution in [2.75, 3.05) is 7.05 Å². The summed E-state index contributed by atoms with van der Waals surface area (Å²) in [6.07, 6.45) is 5.48. The molecule has 1 unspecified atom stereocenters. The van der Waals surface area contributed by atoms with Crippen molar-refractivity contribution in [2.45, 2.75) is 26.7 Å². The predicted octanol–water partition coefficient (Wildman–Crippen LogP) is 2.41. The maximum Gasteiger partial charge on any atom is 0.0277 e. The Labute approximate surface area is 113 Å². The third kappa shape index (κ3) is 8.89. The van der Waals surface area contributed by atoms with Gasteiger partial charge in [-0.25, -0.2) is 0 Å².